The Labute approximate surface area is 84.8 Å². The molecule has 0 amide bonds. The third kappa shape index (κ3) is 2.45. The van der Waals surface area contributed by atoms with Crippen molar-refractivity contribution in [3.8, 4) is 0 Å². The van der Waals surface area contributed by atoms with Crippen molar-refractivity contribution >= 4 is 0 Å². The fourth-order valence-corrected chi connectivity index (χ4v) is 1.54. The Morgan fingerprint density at radius 1 is 1.21 bits per heavy atom. The zero-order valence-electron chi connectivity index (χ0n) is 9.01. The largest absolute Gasteiger partial charge is 0.390 e. The molecule has 0 saturated carbocycles. The van der Waals surface area contributed by atoms with Gasteiger partial charge in [0.25, 0.3) is 0 Å². The number of aliphatic hydroxyl groups excluding tert-OH is 2. The molecule has 1 rings (SSSR count). The third-order valence-electron chi connectivity index (χ3n) is 2.74. The first-order valence-electron chi connectivity index (χ1n) is 5.21. The molecule has 1 aliphatic heterocycles. The molecule has 0 aromatic carbocycles. The Morgan fingerprint density at radius 2 is 1.86 bits per heavy atom. The van der Waals surface area contributed by atoms with E-state index in [1.807, 2.05) is 20.8 Å². The lowest BCUT2D eigenvalue weighted by Crippen LogP contribution is -2.53. The smallest absolute Gasteiger partial charge is 0.186 e. The van der Waals surface area contributed by atoms with E-state index in [4.69, 9.17) is 9.47 Å². The molecule has 4 heteroatoms. The van der Waals surface area contributed by atoms with E-state index >= 15 is 0 Å². The van der Waals surface area contributed by atoms with Crippen molar-refractivity contribution in [1.29, 1.82) is 0 Å². The van der Waals surface area contributed by atoms with E-state index in [-0.39, 0.29) is 12.0 Å². The van der Waals surface area contributed by atoms with Crippen molar-refractivity contribution in [1.82, 2.24) is 0 Å². The fourth-order valence-electron chi connectivity index (χ4n) is 1.54. The summed E-state index contributed by atoms with van der Waals surface area (Å²) in [6.07, 6.45) is -1.60. The first-order chi connectivity index (χ1) is 6.57. The van der Waals surface area contributed by atoms with Gasteiger partial charge in [-0.05, 0) is 13.3 Å². The van der Waals surface area contributed by atoms with Gasteiger partial charge in [-0.25, -0.2) is 0 Å². The van der Waals surface area contributed by atoms with Crippen LogP contribution in [0.15, 0.2) is 0 Å². The van der Waals surface area contributed by atoms with Crippen molar-refractivity contribution in [2.45, 2.75) is 51.8 Å². The van der Waals surface area contributed by atoms with Gasteiger partial charge in [0.2, 0.25) is 0 Å². The Morgan fingerprint density at radius 3 is 2.43 bits per heavy atom. The molecular formula is C10H20O4. The topological polar surface area (TPSA) is 58.9 Å². The van der Waals surface area contributed by atoms with Crippen LogP contribution in [0.5, 0.6) is 0 Å². The van der Waals surface area contributed by atoms with Gasteiger partial charge in [0, 0.05) is 12.5 Å². The summed E-state index contributed by atoms with van der Waals surface area (Å²) >= 11 is 0. The summed E-state index contributed by atoms with van der Waals surface area (Å²) < 4.78 is 10.8. The van der Waals surface area contributed by atoms with Crippen LogP contribution in [-0.2, 0) is 9.47 Å². The fraction of sp³-hybridized carbons (Fsp3) is 1.00. The van der Waals surface area contributed by atoms with Gasteiger partial charge in [0.15, 0.2) is 6.29 Å². The maximum atomic E-state index is 9.68. The lowest BCUT2D eigenvalue weighted by Gasteiger charge is -2.39. The van der Waals surface area contributed by atoms with Crippen LogP contribution in [0, 0.1) is 5.92 Å². The van der Waals surface area contributed by atoms with Crippen LogP contribution < -0.4 is 0 Å². The van der Waals surface area contributed by atoms with Gasteiger partial charge in [0.1, 0.15) is 6.10 Å². The van der Waals surface area contributed by atoms with E-state index in [9.17, 15) is 10.2 Å². The molecule has 1 fully saturated rings. The molecule has 0 bridgehead atoms. The van der Waals surface area contributed by atoms with Gasteiger partial charge in [-0.15, -0.1) is 0 Å². The summed E-state index contributed by atoms with van der Waals surface area (Å²) in [6.45, 7) is 6.25. The zero-order valence-corrected chi connectivity index (χ0v) is 9.01. The molecule has 2 N–H and O–H groups in total. The highest BCUT2D eigenvalue weighted by Crippen LogP contribution is 2.26. The van der Waals surface area contributed by atoms with Crippen LogP contribution in [0.3, 0.4) is 0 Å². The second kappa shape index (κ2) is 5.07. The Hall–Kier alpha value is -0.160. The van der Waals surface area contributed by atoms with Crippen LogP contribution in [0.25, 0.3) is 0 Å². The molecule has 0 radical (unpaired) electrons. The highest BCUT2D eigenvalue weighted by atomic mass is 16.7. The van der Waals surface area contributed by atoms with Crippen molar-refractivity contribution in [3.05, 3.63) is 0 Å². The van der Waals surface area contributed by atoms with Gasteiger partial charge in [-0.3, -0.25) is 0 Å². The average molecular weight is 204 g/mol. The Balaban J connectivity index is 2.52. The summed E-state index contributed by atoms with van der Waals surface area (Å²) in [5.74, 6) is -0.0634. The summed E-state index contributed by atoms with van der Waals surface area (Å²) in [6, 6.07) is 0. The standard InChI is InChI=1S/C10H20O4/c1-4-5-13-10-9(12)8(11)6(2)7(3)14-10/h6-12H,4-5H2,1-3H3/t6-,7+,8-,9+,10-/m1/s1. The molecule has 0 aromatic rings. The van der Waals surface area contributed by atoms with E-state index in [0.29, 0.717) is 6.61 Å². The molecule has 0 aromatic heterocycles. The molecule has 1 saturated heterocycles. The number of ether oxygens (including phenoxy) is 2. The van der Waals surface area contributed by atoms with E-state index in [1.165, 1.54) is 0 Å². The van der Waals surface area contributed by atoms with E-state index in [1.54, 1.807) is 0 Å². The van der Waals surface area contributed by atoms with Crippen LogP contribution >= 0.6 is 0 Å². The number of hydrogen-bond donors (Lipinski definition) is 2. The van der Waals surface area contributed by atoms with Gasteiger partial charge >= 0.3 is 0 Å². The van der Waals surface area contributed by atoms with Crippen LogP contribution in [0.4, 0.5) is 0 Å². The number of aliphatic hydroxyl groups is 2. The lowest BCUT2D eigenvalue weighted by molar-refractivity contribution is -0.279. The summed E-state index contributed by atoms with van der Waals surface area (Å²) in [5, 5.41) is 19.3. The molecule has 1 aliphatic rings. The van der Waals surface area contributed by atoms with Crippen molar-refractivity contribution in [2.24, 2.45) is 5.92 Å². The molecule has 14 heavy (non-hydrogen) atoms. The SMILES string of the molecule is CCCO[C@@H]1O[C@@H](C)[C@@H](C)[C@@H](O)[C@@H]1O. The van der Waals surface area contributed by atoms with Gasteiger partial charge < -0.3 is 19.7 Å². The summed E-state index contributed by atoms with van der Waals surface area (Å²) in [5.41, 5.74) is 0. The zero-order chi connectivity index (χ0) is 10.7. The van der Waals surface area contributed by atoms with Crippen molar-refractivity contribution < 1.29 is 19.7 Å². The van der Waals surface area contributed by atoms with E-state index in [0.717, 1.165) is 6.42 Å². The van der Waals surface area contributed by atoms with Crippen LogP contribution in [-0.4, -0.2) is 41.4 Å². The minimum atomic E-state index is -0.937. The third-order valence-corrected chi connectivity index (χ3v) is 2.74. The predicted molar refractivity (Wildman–Crippen MR) is 51.8 cm³/mol. The highest BCUT2D eigenvalue weighted by molar-refractivity contribution is 4.84. The monoisotopic (exact) mass is 204 g/mol. The number of hydrogen-bond acceptors (Lipinski definition) is 4. The van der Waals surface area contributed by atoms with E-state index < -0.39 is 18.5 Å². The van der Waals surface area contributed by atoms with Crippen LogP contribution in [0.1, 0.15) is 27.2 Å². The van der Waals surface area contributed by atoms with Crippen molar-refractivity contribution in [2.75, 3.05) is 6.61 Å². The molecule has 84 valence electrons. The maximum Gasteiger partial charge on any atom is 0.186 e. The molecule has 1 heterocycles. The minimum Gasteiger partial charge on any atom is -0.390 e. The predicted octanol–water partition coefficient (Wildman–Crippen LogP) is 0.516. The average Bonchev–Trinajstić information content (AvgIpc) is 2.18. The minimum absolute atomic E-state index is 0.0634. The van der Waals surface area contributed by atoms with Crippen molar-refractivity contribution in [3.63, 3.8) is 0 Å². The quantitative estimate of drug-likeness (QED) is 0.703. The molecule has 0 unspecified atom stereocenters. The molecule has 4 nitrogen and oxygen atoms in total. The molecular weight excluding hydrogens is 184 g/mol. The normalized spacial score (nSPS) is 43.9. The highest BCUT2D eigenvalue weighted by Gasteiger charge is 2.40. The van der Waals surface area contributed by atoms with Gasteiger partial charge in [-0.2, -0.15) is 0 Å². The molecule has 5 atom stereocenters. The Kier molecular flexibility index (Phi) is 4.31. The number of rotatable bonds is 3. The summed E-state index contributed by atoms with van der Waals surface area (Å²) in [7, 11) is 0. The molecule has 0 aliphatic carbocycles. The van der Waals surface area contributed by atoms with E-state index in [2.05, 4.69) is 0 Å². The second-order valence-electron chi connectivity index (χ2n) is 3.92. The lowest BCUT2D eigenvalue weighted by atomic mass is 9.92. The maximum absolute atomic E-state index is 9.68. The Bertz CT molecular complexity index is 174. The second-order valence-corrected chi connectivity index (χ2v) is 3.92. The van der Waals surface area contributed by atoms with Gasteiger partial charge in [0.05, 0.1) is 12.2 Å². The first kappa shape index (κ1) is 11.9. The summed E-state index contributed by atoms with van der Waals surface area (Å²) in [4.78, 5) is 0. The molecule has 0 spiro atoms. The van der Waals surface area contributed by atoms with Crippen LogP contribution in [0.2, 0.25) is 0 Å². The first-order valence-corrected chi connectivity index (χ1v) is 5.21. The van der Waals surface area contributed by atoms with Gasteiger partial charge in [-0.1, -0.05) is 13.8 Å².